The van der Waals surface area contributed by atoms with E-state index >= 15 is 0 Å². The second-order valence-corrected chi connectivity index (χ2v) is 5.20. The van der Waals surface area contributed by atoms with Crippen LogP contribution >= 0.6 is 11.6 Å². The average Bonchev–Trinajstić information content (AvgIpc) is 2.52. The van der Waals surface area contributed by atoms with Crippen LogP contribution in [0.25, 0.3) is 0 Å². The Kier molecular flexibility index (Phi) is 5.14. The van der Waals surface area contributed by atoms with E-state index in [2.05, 4.69) is 5.32 Å². The predicted octanol–water partition coefficient (Wildman–Crippen LogP) is 4.38. The van der Waals surface area contributed by atoms with Crippen molar-refractivity contribution < 1.29 is 18.3 Å². The number of halogens is 4. The molecule has 0 amide bonds. The summed E-state index contributed by atoms with van der Waals surface area (Å²) >= 11 is 5.95. The number of rotatable bonds is 4. The Balaban J connectivity index is 2.16. The molecule has 2 aromatic rings. The molecule has 0 aliphatic carbocycles. The largest absolute Gasteiger partial charge is 0.417 e. The summed E-state index contributed by atoms with van der Waals surface area (Å²) < 4.78 is 38.7. The molecule has 1 atom stereocenters. The van der Waals surface area contributed by atoms with Crippen LogP contribution < -0.4 is 5.32 Å². The van der Waals surface area contributed by atoms with E-state index in [4.69, 9.17) is 16.9 Å². The molecule has 3 nitrogen and oxygen atoms in total. The van der Waals surface area contributed by atoms with Crippen molar-refractivity contribution in [2.75, 3.05) is 11.9 Å². The predicted molar refractivity (Wildman–Crippen MR) is 81.1 cm³/mol. The molecule has 2 N–H and O–H groups in total. The molecular formula is C16H12ClF3N2O. The molecule has 120 valence electrons. The van der Waals surface area contributed by atoms with E-state index in [9.17, 15) is 18.3 Å². The monoisotopic (exact) mass is 340 g/mol. The summed E-state index contributed by atoms with van der Waals surface area (Å²) in [4.78, 5) is 0. The summed E-state index contributed by atoms with van der Waals surface area (Å²) in [6, 6.07) is 11.5. The minimum atomic E-state index is -4.62. The third-order valence-electron chi connectivity index (χ3n) is 3.21. The fourth-order valence-electron chi connectivity index (χ4n) is 2.06. The van der Waals surface area contributed by atoms with Crippen LogP contribution in [0.2, 0.25) is 5.02 Å². The van der Waals surface area contributed by atoms with E-state index in [0.717, 1.165) is 12.1 Å². The fraction of sp³-hybridized carbons (Fsp3) is 0.188. The molecule has 0 bridgehead atoms. The Hall–Kier alpha value is -2.23. The van der Waals surface area contributed by atoms with Gasteiger partial charge in [0.2, 0.25) is 0 Å². The molecular weight excluding hydrogens is 329 g/mol. The second kappa shape index (κ2) is 6.90. The van der Waals surface area contributed by atoms with E-state index in [1.54, 1.807) is 24.3 Å². The molecule has 0 saturated carbocycles. The molecule has 0 saturated heterocycles. The number of hydrogen-bond donors (Lipinski definition) is 2. The van der Waals surface area contributed by atoms with Crippen LogP contribution in [-0.2, 0) is 6.18 Å². The Bertz CT molecular complexity index is 741. The first kappa shape index (κ1) is 17.1. The summed E-state index contributed by atoms with van der Waals surface area (Å²) in [5.41, 5.74) is -0.833. The Morgan fingerprint density at radius 3 is 2.52 bits per heavy atom. The van der Waals surface area contributed by atoms with Gasteiger partial charge >= 0.3 is 6.18 Å². The van der Waals surface area contributed by atoms with E-state index in [1.807, 2.05) is 0 Å². The number of nitrogens with zero attached hydrogens (tertiary/aromatic N) is 1. The van der Waals surface area contributed by atoms with Gasteiger partial charge in [-0.15, -0.1) is 0 Å². The molecule has 0 aliphatic rings. The first-order chi connectivity index (χ1) is 10.8. The maximum Gasteiger partial charge on any atom is 0.417 e. The van der Waals surface area contributed by atoms with Crippen LogP contribution in [0.1, 0.15) is 22.8 Å². The lowest BCUT2D eigenvalue weighted by atomic mass is 10.1. The number of nitrogens with one attached hydrogen (secondary N) is 1. The van der Waals surface area contributed by atoms with E-state index in [1.165, 1.54) is 12.1 Å². The van der Waals surface area contributed by atoms with Gasteiger partial charge in [0.15, 0.2) is 0 Å². The van der Waals surface area contributed by atoms with Crippen molar-refractivity contribution in [1.29, 1.82) is 5.26 Å². The molecule has 0 heterocycles. The molecule has 0 spiro atoms. The zero-order valence-corrected chi connectivity index (χ0v) is 12.5. The number of nitriles is 1. The minimum absolute atomic E-state index is 0.0209. The standard InChI is InChI=1S/C16H12ClF3N2O/c17-14-4-2-1-3-12(14)15(23)9-22-11-6-5-10(8-21)13(7-11)16(18,19)20/h1-7,15,22-23H,9H2. The van der Waals surface area contributed by atoms with Gasteiger partial charge < -0.3 is 10.4 Å². The van der Waals surface area contributed by atoms with E-state index < -0.39 is 23.4 Å². The van der Waals surface area contributed by atoms with Gasteiger partial charge in [0.25, 0.3) is 0 Å². The first-order valence-electron chi connectivity index (χ1n) is 6.60. The van der Waals surface area contributed by atoms with Crippen molar-refractivity contribution in [3.63, 3.8) is 0 Å². The van der Waals surface area contributed by atoms with Crippen LogP contribution in [0, 0.1) is 11.3 Å². The van der Waals surface area contributed by atoms with Crippen molar-refractivity contribution in [2.45, 2.75) is 12.3 Å². The molecule has 23 heavy (non-hydrogen) atoms. The summed E-state index contributed by atoms with van der Waals surface area (Å²) in [5, 5.41) is 21.9. The van der Waals surface area contributed by atoms with Crippen molar-refractivity contribution in [2.24, 2.45) is 0 Å². The second-order valence-electron chi connectivity index (χ2n) is 4.79. The first-order valence-corrected chi connectivity index (χ1v) is 6.98. The van der Waals surface area contributed by atoms with Gasteiger partial charge in [0.05, 0.1) is 23.3 Å². The molecule has 2 rings (SSSR count). The number of hydrogen-bond acceptors (Lipinski definition) is 3. The summed E-state index contributed by atoms with van der Waals surface area (Å²) in [7, 11) is 0. The van der Waals surface area contributed by atoms with Crippen molar-refractivity contribution in [3.8, 4) is 6.07 Å². The lowest BCUT2D eigenvalue weighted by molar-refractivity contribution is -0.137. The summed E-state index contributed by atoms with van der Waals surface area (Å²) in [5.74, 6) is 0. The zero-order valence-electron chi connectivity index (χ0n) is 11.7. The lowest BCUT2D eigenvalue weighted by Gasteiger charge is -2.16. The van der Waals surface area contributed by atoms with E-state index in [0.29, 0.717) is 10.6 Å². The van der Waals surface area contributed by atoms with Gasteiger partial charge in [0.1, 0.15) is 0 Å². The lowest BCUT2D eigenvalue weighted by Crippen LogP contribution is -2.14. The smallest absolute Gasteiger partial charge is 0.387 e. The van der Waals surface area contributed by atoms with Gasteiger partial charge in [-0.25, -0.2) is 0 Å². The van der Waals surface area contributed by atoms with Crippen LogP contribution in [0.15, 0.2) is 42.5 Å². The minimum Gasteiger partial charge on any atom is -0.387 e. The van der Waals surface area contributed by atoms with Crippen molar-refractivity contribution in [1.82, 2.24) is 0 Å². The van der Waals surface area contributed by atoms with Crippen LogP contribution in [0.5, 0.6) is 0 Å². The van der Waals surface area contributed by atoms with Crippen LogP contribution in [-0.4, -0.2) is 11.7 Å². The van der Waals surface area contributed by atoms with Crippen molar-refractivity contribution in [3.05, 3.63) is 64.2 Å². The fourth-order valence-corrected chi connectivity index (χ4v) is 2.32. The molecule has 0 radical (unpaired) electrons. The number of alkyl halides is 3. The van der Waals surface area contributed by atoms with Gasteiger partial charge in [-0.1, -0.05) is 29.8 Å². The van der Waals surface area contributed by atoms with E-state index in [-0.39, 0.29) is 12.2 Å². The van der Waals surface area contributed by atoms with Crippen LogP contribution in [0.3, 0.4) is 0 Å². The van der Waals surface area contributed by atoms with Gasteiger partial charge in [-0.2, -0.15) is 18.4 Å². The summed E-state index contributed by atoms with van der Waals surface area (Å²) in [6.07, 6.45) is -5.60. The zero-order chi connectivity index (χ0) is 17.0. The highest BCUT2D eigenvalue weighted by molar-refractivity contribution is 6.31. The Morgan fingerprint density at radius 2 is 1.91 bits per heavy atom. The Labute approximate surface area is 135 Å². The number of aliphatic hydroxyl groups excluding tert-OH is 1. The molecule has 0 fully saturated rings. The molecule has 0 aliphatic heterocycles. The maximum absolute atomic E-state index is 12.9. The highest BCUT2D eigenvalue weighted by atomic mass is 35.5. The Morgan fingerprint density at radius 1 is 1.22 bits per heavy atom. The molecule has 2 aromatic carbocycles. The SMILES string of the molecule is N#Cc1ccc(NCC(O)c2ccccc2Cl)cc1C(F)(F)F. The highest BCUT2D eigenvalue weighted by Gasteiger charge is 2.33. The molecule has 7 heteroatoms. The van der Waals surface area contributed by atoms with Gasteiger partial charge in [-0.3, -0.25) is 0 Å². The third-order valence-corrected chi connectivity index (χ3v) is 3.55. The van der Waals surface area contributed by atoms with Crippen molar-refractivity contribution >= 4 is 17.3 Å². The van der Waals surface area contributed by atoms with Gasteiger partial charge in [0, 0.05) is 22.8 Å². The topological polar surface area (TPSA) is 56.0 Å². The van der Waals surface area contributed by atoms with Gasteiger partial charge in [-0.05, 0) is 24.3 Å². The number of benzene rings is 2. The maximum atomic E-state index is 12.9. The number of anilines is 1. The van der Waals surface area contributed by atoms with Crippen LogP contribution in [0.4, 0.5) is 18.9 Å². The highest BCUT2D eigenvalue weighted by Crippen LogP contribution is 2.33. The average molecular weight is 341 g/mol. The quantitative estimate of drug-likeness (QED) is 0.868. The third kappa shape index (κ3) is 4.15. The molecule has 1 unspecified atom stereocenters. The molecule has 0 aromatic heterocycles. The summed E-state index contributed by atoms with van der Waals surface area (Å²) in [6.45, 7) is -0.0209. The number of aliphatic hydroxyl groups is 1. The normalized spacial score (nSPS) is 12.5.